The standard InChI is InChI=1S/C14H26N6O3/c1-10(2)16-13-17-12(15-4-6-21)18-14(19-13)20-5-7-23-11(8-20)9-22-3/h10-11,21H,4-9H2,1-3H3,(H2,15,16,17,18,19)/t11-/m0/s1. The van der Waals surface area contributed by atoms with Crippen molar-refractivity contribution in [1.29, 1.82) is 0 Å². The van der Waals surface area contributed by atoms with Crippen molar-refractivity contribution >= 4 is 17.8 Å². The van der Waals surface area contributed by atoms with E-state index in [1.54, 1.807) is 7.11 Å². The van der Waals surface area contributed by atoms with Gasteiger partial charge in [-0.2, -0.15) is 15.0 Å². The number of aliphatic hydroxyl groups is 1. The maximum absolute atomic E-state index is 8.96. The molecule has 3 N–H and O–H groups in total. The molecule has 1 aliphatic heterocycles. The van der Waals surface area contributed by atoms with E-state index in [9.17, 15) is 0 Å². The second-order valence-corrected chi connectivity index (χ2v) is 5.63. The lowest BCUT2D eigenvalue weighted by Gasteiger charge is -2.32. The molecule has 130 valence electrons. The van der Waals surface area contributed by atoms with Crippen molar-refractivity contribution in [2.24, 2.45) is 0 Å². The Hall–Kier alpha value is -1.71. The lowest BCUT2D eigenvalue weighted by atomic mass is 10.3. The first kappa shape index (κ1) is 17.6. The number of methoxy groups -OCH3 is 1. The molecule has 2 heterocycles. The highest BCUT2D eigenvalue weighted by Crippen LogP contribution is 2.17. The Labute approximate surface area is 136 Å². The van der Waals surface area contributed by atoms with E-state index >= 15 is 0 Å². The Morgan fingerprint density at radius 1 is 1.35 bits per heavy atom. The van der Waals surface area contributed by atoms with Gasteiger partial charge in [0.2, 0.25) is 17.8 Å². The van der Waals surface area contributed by atoms with Gasteiger partial charge in [-0.05, 0) is 13.8 Å². The van der Waals surface area contributed by atoms with Crippen molar-refractivity contribution in [3.8, 4) is 0 Å². The third-order valence-electron chi connectivity index (χ3n) is 3.21. The van der Waals surface area contributed by atoms with E-state index in [4.69, 9.17) is 14.6 Å². The molecule has 0 bridgehead atoms. The molecule has 0 aromatic carbocycles. The monoisotopic (exact) mass is 326 g/mol. The fourth-order valence-corrected chi connectivity index (χ4v) is 2.26. The summed E-state index contributed by atoms with van der Waals surface area (Å²) < 4.78 is 10.8. The molecule has 2 rings (SSSR count). The van der Waals surface area contributed by atoms with E-state index in [0.29, 0.717) is 50.7 Å². The van der Waals surface area contributed by atoms with Gasteiger partial charge in [0.05, 0.1) is 25.9 Å². The molecule has 0 radical (unpaired) electrons. The van der Waals surface area contributed by atoms with Crippen LogP contribution < -0.4 is 15.5 Å². The first-order valence-corrected chi connectivity index (χ1v) is 7.85. The molecule has 1 aliphatic rings. The first-order chi connectivity index (χ1) is 11.1. The van der Waals surface area contributed by atoms with Crippen molar-refractivity contribution in [1.82, 2.24) is 15.0 Å². The summed E-state index contributed by atoms with van der Waals surface area (Å²) in [6, 6.07) is 0.210. The van der Waals surface area contributed by atoms with E-state index in [2.05, 4.69) is 30.5 Å². The van der Waals surface area contributed by atoms with Gasteiger partial charge in [0, 0.05) is 32.8 Å². The van der Waals surface area contributed by atoms with Crippen LogP contribution in [0.5, 0.6) is 0 Å². The van der Waals surface area contributed by atoms with Gasteiger partial charge in [-0.15, -0.1) is 0 Å². The predicted molar refractivity (Wildman–Crippen MR) is 88.0 cm³/mol. The minimum atomic E-state index is 0.000809. The summed E-state index contributed by atoms with van der Waals surface area (Å²) in [7, 11) is 1.66. The van der Waals surface area contributed by atoms with E-state index in [-0.39, 0.29) is 18.8 Å². The second kappa shape index (κ2) is 8.80. The number of morpholine rings is 1. The highest BCUT2D eigenvalue weighted by atomic mass is 16.5. The van der Waals surface area contributed by atoms with Gasteiger partial charge >= 0.3 is 0 Å². The topological polar surface area (TPSA) is 105 Å². The van der Waals surface area contributed by atoms with Crippen molar-refractivity contribution in [2.75, 3.05) is 62.1 Å². The van der Waals surface area contributed by atoms with Crippen molar-refractivity contribution in [3.05, 3.63) is 0 Å². The normalized spacial score (nSPS) is 18.3. The van der Waals surface area contributed by atoms with Crippen LogP contribution >= 0.6 is 0 Å². The summed E-state index contributed by atoms with van der Waals surface area (Å²) in [5.41, 5.74) is 0. The average Bonchev–Trinajstić information content (AvgIpc) is 2.53. The van der Waals surface area contributed by atoms with Gasteiger partial charge in [-0.3, -0.25) is 0 Å². The summed E-state index contributed by atoms with van der Waals surface area (Å²) >= 11 is 0. The van der Waals surface area contributed by atoms with Crippen LogP contribution in [0.2, 0.25) is 0 Å². The second-order valence-electron chi connectivity index (χ2n) is 5.63. The Bertz CT molecular complexity index is 486. The van der Waals surface area contributed by atoms with Crippen molar-refractivity contribution in [3.63, 3.8) is 0 Å². The minimum absolute atomic E-state index is 0.000809. The largest absolute Gasteiger partial charge is 0.395 e. The fourth-order valence-electron chi connectivity index (χ4n) is 2.26. The number of nitrogens with zero attached hydrogens (tertiary/aromatic N) is 4. The number of nitrogens with one attached hydrogen (secondary N) is 2. The molecule has 0 saturated carbocycles. The number of hydrogen-bond acceptors (Lipinski definition) is 9. The Balaban J connectivity index is 2.17. The van der Waals surface area contributed by atoms with Crippen LogP contribution in [-0.2, 0) is 9.47 Å². The van der Waals surface area contributed by atoms with Gasteiger partial charge in [-0.1, -0.05) is 0 Å². The van der Waals surface area contributed by atoms with Crippen LogP contribution in [0.15, 0.2) is 0 Å². The molecule has 0 aliphatic carbocycles. The molecular formula is C14H26N6O3. The lowest BCUT2D eigenvalue weighted by molar-refractivity contribution is -0.0104. The van der Waals surface area contributed by atoms with Crippen molar-refractivity contribution in [2.45, 2.75) is 26.0 Å². The SMILES string of the molecule is COC[C@@H]1CN(c2nc(NCCO)nc(NC(C)C)n2)CCO1. The quantitative estimate of drug-likeness (QED) is 0.606. The Morgan fingerprint density at radius 2 is 2.13 bits per heavy atom. The number of hydrogen-bond donors (Lipinski definition) is 3. The zero-order valence-corrected chi connectivity index (χ0v) is 13.9. The molecule has 0 unspecified atom stereocenters. The zero-order chi connectivity index (χ0) is 16.7. The molecule has 0 spiro atoms. The molecular weight excluding hydrogens is 300 g/mol. The molecule has 1 fully saturated rings. The van der Waals surface area contributed by atoms with Gasteiger partial charge < -0.3 is 30.1 Å². The highest BCUT2D eigenvalue weighted by molar-refractivity contribution is 5.44. The van der Waals surface area contributed by atoms with Crippen LogP contribution in [0.3, 0.4) is 0 Å². The summed E-state index contributed by atoms with van der Waals surface area (Å²) in [6.45, 7) is 6.96. The van der Waals surface area contributed by atoms with Gasteiger partial charge in [0.1, 0.15) is 0 Å². The van der Waals surface area contributed by atoms with Gasteiger partial charge in [0.15, 0.2) is 0 Å². The van der Waals surface area contributed by atoms with Gasteiger partial charge in [0.25, 0.3) is 0 Å². The third-order valence-corrected chi connectivity index (χ3v) is 3.21. The number of aliphatic hydroxyl groups excluding tert-OH is 1. The first-order valence-electron chi connectivity index (χ1n) is 7.85. The van der Waals surface area contributed by atoms with Crippen LogP contribution in [0, 0.1) is 0 Å². The summed E-state index contributed by atoms with van der Waals surface area (Å²) in [5.74, 6) is 1.55. The van der Waals surface area contributed by atoms with Crippen LogP contribution in [0.1, 0.15) is 13.8 Å². The number of rotatable bonds is 8. The number of ether oxygens (including phenoxy) is 2. The predicted octanol–water partition coefficient (Wildman–Crippen LogP) is -0.0523. The lowest BCUT2D eigenvalue weighted by Crippen LogP contribution is -2.45. The average molecular weight is 326 g/mol. The van der Waals surface area contributed by atoms with E-state index in [1.807, 2.05) is 13.8 Å². The molecule has 9 nitrogen and oxygen atoms in total. The van der Waals surface area contributed by atoms with E-state index in [0.717, 1.165) is 0 Å². The summed E-state index contributed by atoms with van der Waals surface area (Å²) in [5, 5.41) is 15.1. The van der Waals surface area contributed by atoms with E-state index < -0.39 is 0 Å². The third kappa shape index (κ3) is 5.45. The molecule has 23 heavy (non-hydrogen) atoms. The molecule has 1 aromatic heterocycles. The smallest absolute Gasteiger partial charge is 0.232 e. The highest BCUT2D eigenvalue weighted by Gasteiger charge is 2.23. The van der Waals surface area contributed by atoms with Crippen LogP contribution in [0.25, 0.3) is 0 Å². The summed E-state index contributed by atoms with van der Waals surface area (Å²) in [6.07, 6.45) is 0.000809. The fraction of sp³-hybridized carbons (Fsp3) is 0.786. The molecule has 1 saturated heterocycles. The number of anilines is 3. The molecule has 1 aromatic rings. The molecule has 9 heteroatoms. The molecule has 0 amide bonds. The zero-order valence-electron chi connectivity index (χ0n) is 13.9. The Morgan fingerprint density at radius 3 is 2.83 bits per heavy atom. The molecule has 1 atom stereocenters. The van der Waals surface area contributed by atoms with Crippen LogP contribution in [-0.4, -0.2) is 78.8 Å². The maximum Gasteiger partial charge on any atom is 0.232 e. The maximum atomic E-state index is 8.96. The van der Waals surface area contributed by atoms with Crippen molar-refractivity contribution < 1.29 is 14.6 Å². The number of aromatic nitrogens is 3. The Kier molecular flexibility index (Phi) is 6.75. The summed E-state index contributed by atoms with van der Waals surface area (Å²) in [4.78, 5) is 15.3. The minimum Gasteiger partial charge on any atom is -0.395 e. The van der Waals surface area contributed by atoms with Gasteiger partial charge in [-0.25, -0.2) is 0 Å². The van der Waals surface area contributed by atoms with Crippen LogP contribution in [0.4, 0.5) is 17.8 Å². The van der Waals surface area contributed by atoms with E-state index in [1.165, 1.54) is 0 Å².